The molecule has 0 amide bonds. The van der Waals surface area contributed by atoms with Crippen molar-refractivity contribution < 1.29 is 13.4 Å². The van der Waals surface area contributed by atoms with Crippen molar-refractivity contribution in [1.29, 1.82) is 10.5 Å². The van der Waals surface area contributed by atoms with Crippen LogP contribution in [0.3, 0.4) is 0 Å². The van der Waals surface area contributed by atoms with Gasteiger partial charge in [-0.3, -0.25) is 4.98 Å². The first-order valence-corrected chi connectivity index (χ1v) is 19.0. The van der Waals surface area contributed by atoms with Crippen molar-refractivity contribution in [3.05, 3.63) is 123 Å². The van der Waals surface area contributed by atoms with Crippen LogP contribution in [0.15, 0.2) is 75.9 Å². The predicted molar refractivity (Wildman–Crippen MR) is 215 cm³/mol. The molecule has 2 unspecified atom stereocenters. The molecule has 3 aromatic heterocycles. The number of rotatable bonds is 10. The Morgan fingerprint density at radius 1 is 0.804 bits per heavy atom. The minimum Gasteiger partial charge on any atom is -0.361 e. The number of benzene rings is 3. The van der Waals surface area contributed by atoms with Crippen LogP contribution in [0, 0.1) is 69.0 Å². The Hall–Kier alpha value is -5.97. The molecule has 2 fully saturated rings. The SMILES string of the molecule is Cc1ccc(-c2c(C)noc2C)cc1N(C)c1cnc(C2(C#N)CC2Cc2ccc(-c3c(C)noc3C)cc2N(C)c2cc(C3(C#N)CC3)ccc2F)c(Cl)c1. The lowest BCUT2D eigenvalue weighted by Gasteiger charge is -2.26. The molecule has 6 aromatic rings. The van der Waals surface area contributed by atoms with Crippen LogP contribution >= 0.6 is 11.6 Å². The fraction of sp³-hybridized carbons (Fsp3) is 0.311. The van der Waals surface area contributed by atoms with Crippen LogP contribution in [0.2, 0.25) is 5.02 Å². The monoisotopic (exact) mass is 765 g/mol. The van der Waals surface area contributed by atoms with Gasteiger partial charge in [0.05, 0.1) is 57.2 Å². The van der Waals surface area contributed by atoms with Crippen molar-refractivity contribution >= 4 is 34.4 Å². The molecule has 3 heterocycles. The lowest BCUT2D eigenvalue weighted by atomic mass is 9.93. The van der Waals surface area contributed by atoms with Gasteiger partial charge in [-0.15, -0.1) is 0 Å². The topological polar surface area (TPSA) is 119 Å². The molecule has 11 heteroatoms. The maximum absolute atomic E-state index is 15.7. The van der Waals surface area contributed by atoms with E-state index in [1.165, 1.54) is 6.07 Å². The highest BCUT2D eigenvalue weighted by Crippen LogP contribution is 2.57. The van der Waals surface area contributed by atoms with Crippen LogP contribution in [0.1, 0.15) is 64.6 Å². The van der Waals surface area contributed by atoms with Crippen LogP contribution in [0.5, 0.6) is 0 Å². The lowest BCUT2D eigenvalue weighted by Crippen LogP contribution is -2.17. The minimum absolute atomic E-state index is 0.0865. The van der Waals surface area contributed by atoms with Gasteiger partial charge in [-0.25, -0.2) is 4.39 Å². The van der Waals surface area contributed by atoms with E-state index in [-0.39, 0.29) is 11.7 Å². The van der Waals surface area contributed by atoms with E-state index in [2.05, 4.69) is 47.6 Å². The number of halogens is 2. The summed E-state index contributed by atoms with van der Waals surface area (Å²) in [7, 11) is 3.81. The molecule has 282 valence electrons. The molecular formula is C45H41ClFN7O2. The lowest BCUT2D eigenvalue weighted by molar-refractivity contribution is 0.393. The number of hydrogen-bond donors (Lipinski definition) is 0. The smallest absolute Gasteiger partial charge is 0.146 e. The maximum Gasteiger partial charge on any atom is 0.146 e. The highest BCUT2D eigenvalue weighted by molar-refractivity contribution is 6.31. The molecule has 8 rings (SSSR count). The minimum atomic E-state index is -0.889. The van der Waals surface area contributed by atoms with Gasteiger partial charge in [0.25, 0.3) is 0 Å². The molecular weight excluding hydrogens is 725 g/mol. The Balaban J connectivity index is 1.11. The molecule has 2 aliphatic rings. The summed E-state index contributed by atoms with van der Waals surface area (Å²) in [6, 6.07) is 24.2. The summed E-state index contributed by atoms with van der Waals surface area (Å²) in [5.74, 6) is 0.971. The molecule has 0 N–H and O–H groups in total. The van der Waals surface area contributed by atoms with E-state index in [0.717, 1.165) is 86.0 Å². The zero-order chi connectivity index (χ0) is 39.7. The zero-order valence-electron chi connectivity index (χ0n) is 32.5. The van der Waals surface area contributed by atoms with Gasteiger partial charge >= 0.3 is 0 Å². The summed E-state index contributed by atoms with van der Waals surface area (Å²) in [6.45, 7) is 9.66. The molecule has 0 bridgehead atoms. The van der Waals surface area contributed by atoms with Gasteiger partial charge < -0.3 is 18.8 Å². The van der Waals surface area contributed by atoms with Gasteiger partial charge in [-0.2, -0.15) is 10.5 Å². The van der Waals surface area contributed by atoms with Gasteiger partial charge in [0.15, 0.2) is 0 Å². The second-order valence-electron chi connectivity index (χ2n) is 15.4. The third-order valence-electron chi connectivity index (χ3n) is 11.9. The van der Waals surface area contributed by atoms with Crippen LogP contribution in [-0.2, 0) is 17.3 Å². The third kappa shape index (κ3) is 6.09. The molecule has 2 aliphatic carbocycles. The molecule has 0 spiro atoms. The fourth-order valence-electron chi connectivity index (χ4n) is 8.31. The van der Waals surface area contributed by atoms with Crippen LogP contribution in [0.25, 0.3) is 22.3 Å². The van der Waals surface area contributed by atoms with Crippen LogP contribution in [0.4, 0.5) is 27.1 Å². The summed E-state index contributed by atoms with van der Waals surface area (Å²) in [6.07, 6.45) is 4.40. The van der Waals surface area contributed by atoms with E-state index in [0.29, 0.717) is 35.0 Å². The fourth-order valence-corrected chi connectivity index (χ4v) is 8.64. The first-order chi connectivity index (χ1) is 26.8. The summed E-state index contributed by atoms with van der Waals surface area (Å²) in [4.78, 5) is 8.75. The average molecular weight is 766 g/mol. The van der Waals surface area contributed by atoms with Crippen LogP contribution < -0.4 is 9.80 Å². The van der Waals surface area contributed by atoms with Crippen molar-refractivity contribution in [3.63, 3.8) is 0 Å². The van der Waals surface area contributed by atoms with E-state index < -0.39 is 10.8 Å². The second-order valence-corrected chi connectivity index (χ2v) is 15.8. The Morgan fingerprint density at radius 2 is 1.45 bits per heavy atom. The van der Waals surface area contributed by atoms with E-state index in [1.807, 2.05) is 75.9 Å². The zero-order valence-corrected chi connectivity index (χ0v) is 33.2. The molecule has 0 saturated heterocycles. The number of anilines is 4. The van der Waals surface area contributed by atoms with Gasteiger partial charge in [0.1, 0.15) is 22.8 Å². The van der Waals surface area contributed by atoms with E-state index in [1.54, 1.807) is 18.3 Å². The second kappa shape index (κ2) is 13.6. The average Bonchev–Trinajstić information content (AvgIpc) is 4.08. The van der Waals surface area contributed by atoms with Crippen molar-refractivity contribution in [3.8, 4) is 34.4 Å². The first kappa shape index (κ1) is 37.0. The number of nitrogens with zero attached hydrogens (tertiary/aromatic N) is 7. The first-order valence-electron chi connectivity index (χ1n) is 18.7. The molecule has 3 aromatic carbocycles. The normalized spacial score (nSPS) is 17.9. The summed E-state index contributed by atoms with van der Waals surface area (Å²) < 4.78 is 26.6. The highest BCUT2D eigenvalue weighted by Gasteiger charge is 2.58. The Morgan fingerprint density at radius 3 is 2.02 bits per heavy atom. The number of pyridine rings is 1. The van der Waals surface area contributed by atoms with Crippen molar-refractivity contribution in [2.45, 2.75) is 71.1 Å². The number of hydrogen-bond acceptors (Lipinski definition) is 9. The molecule has 0 aliphatic heterocycles. The van der Waals surface area contributed by atoms with E-state index in [4.69, 9.17) is 25.6 Å². The van der Waals surface area contributed by atoms with E-state index in [9.17, 15) is 10.5 Å². The quantitative estimate of drug-likeness (QED) is 0.134. The Kier molecular flexibility index (Phi) is 9.01. The highest BCUT2D eigenvalue weighted by atomic mass is 35.5. The number of nitriles is 2. The van der Waals surface area contributed by atoms with Crippen molar-refractivity contribution in [2.24, 2.45) is 5.92 Å². The van der Waals surface area contributed by atoms with Gasteiger partial charge in [0, 0.05) is 36.6 Å². The Labute approximate surface area is 330 Å². The van der Waals surface area contributed by atoms with Crippen molar-refractivity contribution in [2.75, 3.05) is 23.9 Å². The van der Waals surface area contributed by atoms with Crippen LogP contribution in [-0.4, -0.2) is 29.4 Å². The molecule has 56 heavy (non-hydrogen) atoms. The summed E-state index contributed by atoms with van der Waals surface area (Å²) in [5.41, 5.74) is 10.2. The predicted octanol–water partition coefficient (Wildman–Crippen LogP) is 10.8. The van der Waals surface area contributed by atoms with Gasteiger partial charge in [0.2, 0.25) is 0 Å². The summed E-state index contributed by atoms with van der Waals surface area (Å²) >= 11 is 7.03. The Bertz CT molecular complexity index is 2590. The third-order valence-corrected chi connectivity index (χ3v) is 12.2. The standard InChI is InChI=1S/C45H41ClFN7O2/c1-25-8-9-31(41-26(2)51-55-28(41)4)17-38(25)53(6)35-20-36(46)43(50-22-35)45(24-49)21-34(45)16-30-10-11-32(42-27(3)52-56-29(42)5)18-39(30)54(7)40-19-33(12-13-37(40)47)44(23-48)14-15-44/h8-13,17-20,22,34H,14-16,21H2,1-7H3. The van der Waals surface area contributed by atoms with Crippen molar-refractivity contribution in [1.82, 2.24) is 15.3 Å². The summed E-state index contributed by atoms with van der Waals surface area (Å²) in [5, 5.41) is 29.3. The van der Waals surface area contributed by atoms with E-state index >= 15 is 4.39 Å². The van der Waals surface area contributed by atoms with Gasteiger partial charge in [-0.05, 0) is 124 Å². The molecule has 2 saturated carbocycles. The molecule has 0 radical (unpaired) electrons. The molecule has 9 nitrogen and oxygen atoms in total. The largest absolute Gasteiger partial charge is 0.361 e. The number of aryl methyl sites for hydroxylation is 5. The van der Waals surface area contributed by atoms with Gasteiger partial charge in [-0.1, -0.05) is 52.2 Å². The molecule has 2 atom stereocenters. The number of aromatic nitrogens is 3. The maximum atomic E-state index is 15.7.